The SMILES string of the molecule is CN(CCCCCO)C(=O)c1cc(-c2ccco2)on1. The van der Waals surface area contributed by atoms with Gasteiger partial charge in [0, 0.05) is 26.3 Å². The molecular formula is C14H18N2O4. The van der Waals surface area contributed by atoms with Gasteiger partial charge in [0.2, 0.25) is 5.76 Å². The van der Waals surface area contributed by atoms with E-state index in [0.717, 1.165) is 19.3 Å². The minimum Gasteiger partial charge on any atom is -0.461 e. The lowest BCUT2D eigenvalue weighted by Crippen LogP contribution is -2.28. The second-order valence-electron chi connectivity index (χ2n) is 4.56. The van der Waals surface area contributed by atoms with Gasteiger partial charge in [0.15, 0.2) is 11.5 Å². The fraction of sp³-hybridized carbons (Fsp3) is 0.429. The number of hydrogen-bond acceptors (Lipinski definition) is 5. The van der Waals surface area contributed by atoms with Gasteiger partial charge in [-0.15, -0.1) is 0 Å². The number of amides is 1. The van der Waals surface area contributed by atoms with E-state index in [2.05, 4.69) is 5.16 Å². The summed E-state index contributed by atoms with van der Waals surface area (Å²) in [6.45, 7) is 0.815. The van der Waals surface area contributed by atoms with Gasteiger partial charge in [0.05, 0.1) is 6.26 Å². The van der Waals surface area contributed by atoms with Gasteiger partial charge >= 0.3 is 0 Å². The topological polar surface area (TPSA) is 79.7 Å². The first-order valence-electron chi connectivity index (χ1n) is 6.59. The molecule has 0 spiro atoms. The standard InChI is InChI=1S/C14H18N2O4/c1-16(7-3-2-4-8-17)14(18)11-10-13(20-15-11)12-6-5-9-19-12/h5-6,9-10,17H,2-4,7-8H2,1H3. The van der Waals surface area contributed by atoms with Crippen LogP contribution in [0.3, 0.4) is 0 Å². The number of rotatable bonds is 7. The summed E-state index contributed by atoms with van der Waals surface area (Å²) < 4.78 is 10.3. The van der Waals surface area contributed by atoms with Gasteiger partial charge < -0.3 is 18.9 Å². The number of aromatic nitrogens is 1. The quantitative estimate of drug-likeness (QED) is 0.785. The average molecular weight is 278 g/mol. The molecule has 0 aliphatic carbocycles. The molecule has 1 amide bonds. The third-order valence-electron chi connectivity index (χ3n) is 2.99. The number of unbranched alkanes of at least 4 members (excludes halogenated alkanes) is 2. The third kappa shape index (κ3) is 3.48. The largest absolute Gasteiger partial charge is 0.461 e. The molecule has 1 N–H and O–H groups in total. The van der Waals surface area contributed by atoms with Gasteiger partial charge in [-0.1, -0.05) is 5.16 Å². The van der Waals surface area contributed by atoms with E-state index >= 15 is 0 Å². The number of nitrogens with zero attached hydrogens (tertiary/aromatic N) is 2. The maximum absolute atomic E-state index is 12.1. The van der Waals surface area contributed by atoms with Gasteiger partial charge in [-0.25, -0.2) is 0 Å². The number of carbonyl (C=O) groups is 1. The third-order valence-corrected chi connectivity index (χ3v) is 2.99. The molecule has 0 aromatic carbocycles. The summed E-state index contributed by atoms with van der Waals surface area (Å²) in [6.07, 6.45) is 4.04. The molecule has 0 radical (unpaired) electrons. The normalized spacial score (nSPS) is 10.7. The maximum Gasteiger partial charge on any atom is 0.275 e. The van der Waals surface area contributed by atoms with E-state index in [1.54, 1.807) is 30.1 Å². The Morgan fingerprint density at radius 3 is 2.90 bits per heavy atom. The van der Waals surface area contributed by atoms with Crippen molar-refractivity contribution in [2.45, 2.75) is 19.3 Å². The van der Waals surface area contributed by atoms with Gasteiger partial charge in [0.1, 0.15) is 0 Å². The molecule has 0 fully saturated rings. The Hall–Kier alpha value is -2.08. The fourth-order valence-electron chi connectivity index (χ4n) is 1.85. The number of furan rings is 1. The molecule has 0 aliphatic rings. The lowest BCUT2D eigenvalue weighted by atomic mass is 10.2. The van der Waals surface area contributed by atoms with Crippen molar-refractivity contribution in [3.05, 3.63) is 30.2 Å². The Labute approximate surface area is 117 Å². The highest BCUT2D eigenvalue weighted by Gasteiger charge is 2.18. The average Bonchev–Trinajstić information content (AvgIpc) is 3.11. The number of hydrogen-bond donors (Lipinski definition) is 1. The van der Waals surface area contributed by atoms with E-state index in [1.807, 2.05) is 0 Å². The van der Waals surface area contributed by atoms with Crippen molar-refractivity contribution in [2.24, 2.45) is 0 Å². The van der Waals surface area contributed by atoms with Crippen molar-refractivity contribution in [3.8, 4) is 11.5 Å². The summed E-state index contributed by atoms with van der Waals surface area (Å²) in [7, 11) is 1.72. The van der Waals surface area contributed by atoms with Gasteiger partial charge in [-0.3, -0.25) is 4.79 Å². The summed E-state index contributed by atoms with van der Waals surface area (Å²) in [6, 6.07) is 5.06. The number of aliphatic hydroxyl groups excluding tert-OH is 1. The molecule has 20 heavy (non-hydrogen) atoms. The first kappa shape index (κ1) is 14.3. The summed E-state index contributed by atoms with van der Waals surface area (Å²) in [4.78, 5) is 13.7. The Balaban J connectivity index is 1.92. The van der Waals surface area contributed by atoms with E-state index < -0.39 is 0 Å². The van der Waals surface area contributed by atoms with Crippen LogP contribution in [0, 0.1) is 0 Å². The predicted molar refractivity (Wildman–Crippen MR) is 72.1 cm³/mol. The van der Waals surface area contributed by atoms with Crippen molar-refractivity contribution in [3.63, 3.8) is 0 Å². The second kappa shape index (κ2) is 6.91. The van der Waals surface area contributed by atoms with Crippen LogP contribution in [-0.2, 0) is 0 Å². The first-order chi connectivity index (χ1) is 9.72. The highest BCUT2D eigenvalue weighted by atomic mass is 16.5. The van der Waals surface area contributed by atoms with E-state index in [4.69, 9.17) is 14.0 Å². The van der Waals surface area contributed by atoms with Crippen LogP contribution in [0.1, 0.15) is 29.8 Å². The van der Waals surface area contributed by atoms with Crippen LogP contribution in [0.5, 0.6) is 0 Å². The highest BCUT2D eigenvalue weighted by Crippen LogP contribution is 2.21. The molecule has 0 saturated heterocycles. The summed E-state index contributed by atoms with van der Waals surface area (Å²) in [5.41, 5.74) is 0.265. The van der Waals surface area contributed by atoms with Gasteiger partial charge in [0.25, 0.3) is 5.91 Å². The van der Waals surface area contributed by atoms with Crippen LogP contribution in [-0.4, -0.2) is 41.3 Å². The lowest BCUT2D eigenvalue weighted by Gasteiger charge is -2.14. The van der Waals surface area contributed by atoms with Crippen molar-refractivity contribution in [1.29, 1.82) is 0 Å². The maximum atomic E-state index is 12.1. The Morgan fingerprint density at radius 1 is 1.35 bits per heavy atom. The van der Waals surface area contributed by atoms with Crippen LogP contribution < -0.4 is 0 Å². The van der Waals surface area contributed by atoms with E-state index in [0.29, 0.717) is 18.1 Å². The van der Waals surface area contributed by atoms with E-state index in [1.165, 1.54) is 6.26 Å². The zero-order valence-electron chi connectivity index (χ0n) is 11.4. The van der Waals surface area contributed by atoms with E-state index in [9.17, 15) is 4.79 Å². The predicted octanol–water partition coefficient (Wildman–Crippen LogP) is 2.17. The molecular weight excluding hydrogens is 260 g/mol. The molecule has 0 aliphatic heterocycles. The molecule has 0 saturated carbocycles. The summed E-state index contributed by atoms with van der Waals surface area (Å²) >= 11 is 0. The van der Waals surface area contributed by atoms with Crippen LogP contribution in [0.4, 0.5) is 0 Å². The van der Waals surface area contributed by atoms with Crippen molar-refractivity contribution >= 4 is 5.91 Å². The van der Waals surface area contributed by atoms with Crippen LogP contribution >= 0.6 is 0 Å². The Bertz CT molecular complexity index is 533. The Morgan fingerprint density at radius 2 is 2.20 bits per heavy atom. The molecule has 0 atom stereocenters. The second-order valence-corrected chi connectivity index (χ2v) is 4.56. The number of carbonyl (C=O) groups excluding carboxylic acids is 1. The zero-order valence-corrected chi connectivity index (χ0v) is 11.4. The van der Waals surface area contributed by atoms with Crippen LogP contribution in [0.25, 0.3) is 11.5 Å². The molecule has 6 heteroatoms. The van der Waals surface area contributed by atoms with Gasteiger partial charge in [-0.05, 0) is 31.4 Å². The molecule has 2 heterocycles. The molecule has 0 unspecified atom stereocenters. The van der Waals surface area contributed by atoms with Crippen molar-refractivity contribution in [1.82, 2.24) is 10.1 Å². The molecule has 2 aromatic rings. The van der Waals surface area contributed by atoms with Crippen molar-refractivity contribution in [2.75, 3.05) is 20.2 Å². The number of aliphatic hydroxyl groups is 1. The highest BCUT2D eigenvalue weighted by molar-refractivity contribution is 5.92. The smallest absolute Gasteiger partial charge is 0.275 e. The molecule has 2 aromatic heterocycles. The van der Waals surface area contributed by atoms with E-state index in [-0.39, 0.29) is 18.2 Å². The van der Waals surface area contributed by atoms with Crippen LogP contribution in [0.15, 0.2) is 33.4 Å². The molecule has 0 bridgehead atoms. The van der Waals surface area contributed by atoms with Crippen molar-refractivity contribution < 1.29 is 18.8 Å². The minimum absolute atomic E-state index is 0.185. The zero-order chi connectivity index (χ0) is 14.4. The molecule has 108 valence electrons. The summed E-state index contributed by atoms with van der Waals surface area (Å²) in [5, 5.41) is 12.5. The molecule has 2 rings (SSSR count). The van der Waals surface area contributed by atoms with Gasteiger partial charge in [-0.2, -0.15) is 0 Å². The monoisotopic (exact) mass is 278 g/mol. The molecule has 6 nitrogen and oxygen atoms in total. The fourth-order valence-corrected chi connectivity index (χ4v) is 1.85. The minimum atomic E-state index is -0.185. The Kier molecular flexibility index (Phi) is 4.95. The summed E-state index contributed by atoms with van der Waals surface area (Å²) in [5.74, 6) is 0.796. The lowest BCUT2D eigenvalue weighted by molar-refractivity contribution is 0.0782. The van der Waals surface area contributed by atoms with Crippen LogP contribution in [0.2, 0.25) is 0 Å². The first-order valence-corrected chi connectivity index (χ1v) is 6.59.